The molecule has 0 saturated carbocycles. The van der Waals surface area contributed by atoms with Crippen molar-refractivity contribution < 1.29 is 9.90 Å². The molecule has 1 rings (SSSR count). The van der Waals surface area contributed by atoms with Gasteiger partial charge in [-0.2, -0.15) is 0 Å². The Morgan fingerprint density at radius 1 is 1.69 bits per heavy atom. The third kappa shape index (κ3) is 4.28. The van der Waals surface area contributed by atoms with Crippen LogP contribution in [0, 0.1) is 0 Å². The fraction of sp³-hybridized carbons (Fsp3) is 0.636. The van der Waals surface area contributed by atoms with Crippen molar-refractivity contribution in [2.45, 2.75) is 39.2 Å². The van der Waals surface area contributed by atoms with Gasteiger partial charge in [0.05, 0.1) is 17.1 Å². The number of thiazole rings is 1. The largest absolute Gasteiger partial charge is 0.396 e. The Hall–Kier alpha value is -0.940. The van der Waals surface area contributed by atoms with Crippen LogP contribution in [0.25, 0.3) is 0 Å². The van der Waals surface area contributed by atoms with E-state index in [1.54, 1.807) is 11.3 Å². The number of hydrogen-bond donors (Lipinski definition) is 2. The highest BCUT2D eigenvalue weighted by Gasteiger charge is 2.09. The molecular weight excluding hydrogens is 224 g/mol. The van der Waals surface area contributed by atoms with E-state index in [9.17, 15) is 4.79 Å². The first-order chi connectivity index (χ1) is 7.65. The van der Waals surface area contributed by atoms with Gasteiger partial charge < -0.3 is 10.4 Å². The van der Waals surface area contributed by atoms with Gasteiger partial charge in [-0.25, -0.2) is 4.98 Å². The molecule has 0 radical (unpaired) electrons. The van der Waals surface area contributed by atoms with E-state index in [4.69, 9.17) is 5.11 Å². The van der Waals surface area contributed by atoms with Gasteiger partial charge >= 0.3 is 0 Å². The maximum absolute atomic E-state index is 11.6. The van der Waals surface area contributed by atoms with Gasteiger partial charge in [0.2, 0.25) is 5.91 Å². The normalized spacial score (nSPS) is 12.4. The lowest BCUT2D eigenvalue weighted by atomic mass is 10.2. The van der Waals surface area contributed by atoms with Crippen LogP contribution in [-0.4, -0.2) is 28.6 Å². The fourth-order valence-corrected chi connectivity index (χ4v) is 2.09. The zero-order valence-electron chi connectivity index (χ0n) is 9.69. The summed E-state index contributed by atoms with van der Waals surface area (Å²) >= 11 is 1.59. The van der Waals surface area contributed by atoms with E-state index in [2.05, 4.69) is 10.3 Å². The molecule has 2 N–H and O–H groups in total. The molecule has 90 valence electrons. The maximum Gasteiger partial charge on any atom is 0.226 e. The average molecular weight is 242 g/mol. The smallest absolute Gasteiger partial charge is 0.226 e. The Balaban J connectivity index is 2.39. The summed E-state index contributed by atoms with van der Waals surface area (Å²) in [5, 5.41) is 14.5. The van der Waals surface area contributed by atoms with E-state index >= 15 is 0 Å². The minimum atomic E-state index is -0.0334. The minimum Gasteiger partial charge on any atom is -0.396 e. The van der Waals surface area contributed by atoms with Crippen LogP contribution in [0.5, 0.6) is 0 Å². The van der Waals surface area contributed by atoms with Crippen molar-refractivity contribution in [3.05, 3.63) is 16.1 Å². The third-order valence-electron chi connectivity index (χ3n) is 2.21. The second kappa shape index (κ2) is 6.60. The number of nitrogens with zero attached hydrogens (tertiary/aromatic N) is 1. The number of hydrogen-bond acceptors (Lipinski definition) is 4. The van der Waals surface area contributed by atoms with E-state index in [0.29, 0.717) is 12.8 Å². The Labute approximate surface area is 99.7 Å². The van der Waals surface area contributed by atoms with Crippen LogP contribution in [-0.2, 0) is 17.6 Å². The van der Waals surface area contributed by atoms with Crippen LogP contribution in [0.3, 0.4) is 0 Å². The van der Waals surface area contributed by atoms with Gasteiger partial charge in [0.1, 0.15) is 0 Å². The van der Waals surface area contributed by atoms with Crippen LogP contribution >= 0.6 is 11.3 Å². The van der Waals surface area contributed by atoms with Crippen molar-refractivity contribution in [2.75, 3.05) is 6.61 Å². The molecule has 0 aliphatic carbocycles. The predicted molar refractivity (Wildman–Crippen MR) is 64.5 cm³/mol. The van der Waals surface area contributed by atoms with Crippen molar-refractivity contribution in [3.63, 3.8) is 0 Å². The number of nitrogens with one attached hydrogen (secondary N) is 1. The molecule has 1 aromatic rings. The lowest BCUT2D eigenvalue weighted by Gasteiger charge is -2.11. The van der Waals surface area contributed by atoms with E-state index in [1.807, 2.05) is 19.2 Å². The first-order valence-electron chi connectivity index (χ1n) is 5.49. The van der Waals surface area contributed by atoms with E-state index in [-0.39, 0.29) is 18.6 Å². The Morgan fingerprint density at radius 2 is 2.44 bits per heavy atom. The van der Waals surface area contributed by atoms with Gasteiger partial charge in [0.15, 0.2) is 0 Å². The number of aliphatic hydroxyl groups excluding tert-OH is 1. The average Bonchev–Trinajstić information content (AvgIpc) is 2.65. The second-order valence-corrected chi connectivity index (χ2v) is 4.69. The van der Waals surface area contributed by atoms with Crippen LogP contribution in [0.15, 0.2) is 5.38 Å². The Bertz CT molecular complexity index is 338. The molecular formula is C11H18N2O2S. The van der Waals surface area contributed by atoms with Crippen molar-refractivity contribution in [2.24, 2.45) is 0 Å². The maximum atomic E-state index is 11.6. The van der Waals surface area contributed by atoms with Crippen molar-refractivity contribution in [1.29, 1.82) is 0 Å². The first-order valence-corrected chi connectivity index (χ1v) is 6.37. The van der Waals surface area contributed by atoms with Gasteiger partial charge in [-0.1, -0.05) is 6.92 Å². The van der Waals surface area contributed by atoms with Gasteiger partial charge in [-0.15, -0.1) is 11.3 Å². The molecule has 0 saturated heterocycles. The molecule has 0 spiro atoms. The summed E-state index contributed by atoms with van der Waals surface area (Å²) < 4.78 is 0. The molecule has 1 unspecified atom stereocenters. The minimum absolute atomic E-state index is 0.0155. The zero-order chi connectivity index (χ0) is 12.0. The third-order valence-corrected chi connectivity index (χ3v) is 3.25. The molecule has 1 amide bonds. The summed E-state index contributed by atoms with van der Waals surface area (Å²) in [6.07, 6.45) is 1.82. The lowest BCUT2D eigenvalue weighted by molar-refractivity contribution is -0.121. The highest BCUT2D eigenvalue weighted by molar-refractivity contribution is 7.09. The summed E-state index contributed by atoms with van der Waals surface area (Å²) in [4.78, 5) is 15.9. The second-order valence-electron chi connectivity index (χ2n) is 3.74. The number of amides is 1. The topological polar surface area (TPSA) is 62.2 Å². The SMILES string of the molecule is CCc1nc(CC(=O)NC(C)CCO)cs1. The highest BCUT2D eigenvalue weighted by Crippen LogP contribution is 2.10. The summed E-state index contributed by atoms with van der Waals surface area (Å²) in [6, 6.07) is 0.0155. The van der Waals surface area contributed by atoms with Gasteiger partial charge in [-0.05, 0) is 19.8 Å². The highest BCUT2D eigenvalue weighted by atomic mass is 32.1. The number of aliphatic hydroxyl groups is 1. The molecule has 0 aromatic carbocycles. The van der Waals surface area contributed by atoms with Crippen LogP contribution in [0.2, 0.25) is 0 Å². The molecule has 16 heavy (non-hydrogen) atoms. The predicted octanol–water partition coefficient (Wildman–Crippen LogP) is 1.14. The molecule has 1 atom stereocenters. The van der Waals surface area contributed by atoms with E-state index in [0.717, 1.165) is 17.1 Å². The quantitative estimate of drug-likeness (QED) is 0.786. The number of rotatable bonds is 6. The Morgan fingerprint density at radius 3 is 3.00 bits per heavy atom. The molecule has 4 nitrogen and oxygen atoms in total. The van der Waals surface area contributed by atoms with Crippen molar-refractivity contribution >= 4 is 17.2 Å². The van der Waals surface area contributed by atoms with E-state index in [1.165, 1.54) is 0 Å². The summed E-state index contributed by atoms with van der Waals surface area (Å²) in [7, 11) is 0. The van der Waals surface area contributed by atoms with Crippen LogP contribution < -0.4 is 5.32 Å². The lowest BCUT2D eigenvalue weighted by Crippen LogP contribution is -2.34. The number of carbonyl (C=O) groups is 1. The van der Waals surface area contributed by atoms with Gasteiger partial charge in [0, 0.05) is 18.0 Å². The van der Waals surface area contributed by atoms with Gasteiger partial charge in [0.25, 0.3) is 0 Å². The summed E-state index contributed by atoms with van der Waals surface area (Å²) in [6.45, 7) is 4.02. The number of aryl methyl sites for hydroxylation is 1. The van der Waals surface area contributed by atoms with Crippen LogP contribution in [0.4, 0.5) is 0 Å². The van der Waals surface area contributed by atoms with E-state index < -0.39 is 0 Å². The molecule has 0 aliphatic heterocycles. The monoisotopic (exact) mass is 242 g/mol. The molecule has 1 heterocycles. The first kappa shape index (κ1) is 13.1. The van der Waals surface area contributed by atoms with Crippen LogP contribution in [0.1, 0.15) is 31.0 Å². The van der Waals surface area contributed by atoms with Crippen molar-refractivity contribution in [1.82, 2.24) is 10.3 Å². The fourth-order valence-electron chi connectivity index (χ4n) is 1.35. The standard InChI is InChI=1S/C11H18N2O2S/c1-3-11-13-9(7-16-11)6-10(15)12-8(2)4-5-14/h7-8,14H,3-6H2,1-2H3,(H,12,15). The molecule has 0 aliphatic rings. The molecule has 5 heteroatoms. The Kier molecular flexibility index (Phi) is 5.42. The molecule has 1 aromatic heterocycles. The van der Waals surface area contributed by atoms with Gasteiger partial charge in [-0.3, -0.25) is 4.79 Å². The summed E-state index contributed by atoms with van der Waals surface area (Å²) in [5.41, 5.74) is 0.829. The number of carbonyl (C=O) groups excluding carboxylic acids is 1. The molecule has 0 bridgehead atoms. The zero-order valence-corrected chi connectivity index (χ0v) is 10.5. The summed E-state index contributed by atoms with van der Waals surface area (Å²) in [5.74, 6) is -0.0334. The van der Waals surface area contributed by atoms with Crippen molar-refractivity contribution in [3.8, 4) is 0 Å². The number of aromatic nitrogens is 1. The molecule has 0 fully saturated rings.